The second-order valence-electron chi connectivity index (χ2n) is 5.92. The fourth-order valence-electron chi connectivity index (χ4n) is 3.20. The van der Waals surface area contributed by atoms with Crippen molar-refractivity contribution < 1.29 is 9.47 Å². The summed E-state index contributed by atoms with van der Waals surface area (Å²) in [6.07, 6.45) is 7.94. The number of nitrogens with one attached hydrogen (secondary N) is 1. The lowest BCUT2D eigenvalue weighted by atomic mass is 9.98. The Labute approximate surface area is 129 Å². The third-order valence-electron chi connectivity index (χ3n) is 4.50. The fraction of sp³-hybridized carbons (Fsp3) is 0.667. The molecule has 2 rings (SSSR count). The third kappa shape index (κ3) is 4.55. The maximum Gasteiger partial charge on any atom is 0.162 e. The number of hydrogen-bond acceptors (Lipinski definition) is 3. The summed E-state index contributed by atoms with van der Waals surface area (Å²) in [5, 5.41) is 3.67. The molecule has 2 atom stereocenters. The van der Waals surface area contributed by atoms with Crippen LogP contribution in [0.15, 0.2) is 18.2 Å². The number of methoxy groups -OCH3 is 1. The minimum absolute atomic E-state index is 0.587. The maximum atomic E-state index is 5.57. The van der Waals surface area contributed by atoms with Crippen LogP contribution in [0.5, 0.6) is 11.5 Å². The van der Waals surface area contributed by atoms with Crippen LogP contribution in [0.2, 0.25) is 0 Å². The van der Waals surface area contributed by atoms with Crippen LogP contribution in [0.1, 0.15) is 52.4 Å². The van der Waals surface area contributed by atoms with Gasteiger partial charge in [-0.1, -0.05) is 26.2 Å². The summed E-state index contributed by atoms with van der Waals surface area (Å²) in [7, 11) is 1.69. The molecule has 0 radical (unpaired) electrons. The highest BCUT2D eigenvalue weighted by molar-refractivity contribution is 5.55. The average Bonchev–Trinajstić information content (AvgIpc) is 2.74. The van der Waals surface area contributed by atoms with E-state index in [9.17, 15) is 0 Å². The maximum absolute atomic E-state index is 5.57. The van der Waals surface area contributed by atoms with Gasteiger partial charge in [-0.05, 0) is 44.2 Å². The Morgan fingerprint density at radius 2 is 1.95 bits per heavy atom. The van der Waals surface area contributed by atoms with Crippen molar-refractivity contribution in [3.05, 3.63) is 18.2 Å². The number of hydrogen-bond donors (Lipinski definition) is 1. The summed E-state index contributed by atoms with van der Waals surface area (Å²) in [6, 6.07) is 6.73. The van der Waals surface area contributed by atoms with Gasteiger partial charge in [0.2, 0.25) is 0 Å². The molecule has 1 saturated carbocycles. The number of rotatable bonds is 6. The topological polar surface area (TPSA) is 30.5 Å². The van der Waals surface area contributed by atoms with E-state index < -0.39 is 0 Å². The van der Waals surface area contributed by atoms with E-state index in [4.69, 9.17) is 9.47 Å². The van der Waals surface area contributed by atoms with Crippen molar-refractivity contribution in [1.82, 2.24) is 0 Å². The standard InChI is InChI=1S/C18H29NO2/c1-4-14-7-6-8-15(10-9-14)19-16-11-12-17(21-5-2)18(13-16)20-3/h11-15,19H,4-10H2,1-3H3. The lowest BCUT2D eigenvalue weighted by Gasteiger charge is -2.19. The van der Waals surface area contributed by atoms with Crippen molar-refractivity contribution in [1.29, 1.82) is 0 Å². The van der Waals surface area contributed by atoms with E-state index in [0.29, 0.717) is 12.6 Å². The predicted octanol–water partition coefficient (Wildman–Crippen LogP) is 4.86. The summed E-state index contributed by atoms with van der Waals surface area (Å²) >= 11 is 0. The first-order chi connectivity index (χ1) is 10.3. The van der Waals surface area contributed by atoms with Gasteiger partial charge in [0, 0.05) is 17.8 Å². The van der Waals surface area contributed by atoms with Crippen molar-refractivity contribution in [3.8, 4) is 11.5 Å². The fourth-order valence-corrected chi connectivity index (χ4v) is 3.20. The molecule has 0 heterocycles. The van der Waals surface area contributed by atoms with Crippen molar-refractivity contribution in [2.75, 3.05) is 19.0 Å². The molecular formula is C18H29NO2. The van der Waals surface area contributed by atoms with Gasteiger partial charge >= 0.3 is 0 Å². The molecule has 0 bridgehead atoms. The molecule has 1 aliphatic carbocycles. The Hall–Kier alpha value is -1.38. The zero-order valence-corrected chi connectivity index (χ0v) is 13.7. The molecule has 1 fully saturated rings. The van der Waals surface area contributed by atoms with Gasteiger partial charge in [0.1, 0.15) is 0 Å². The van der Waals surface area contributed by atoms with E-state index in [1.165, 1.54) is 38.5 Å². The van der Waals surface area contributed by atoms with E-state index in [1.54, 1.807) is 7.11 Å². The molecule has 21 heavy (non-hydrogen) atoms. The molecule has 118 valence electrons. The van der Waals surface area contributed by atoms with Gasteiger partial charge in [0.05, 0.1) is 13.7 Å². The minimum Gasteiger partial charge on any atom is -0.493 e. The molecule has 3 heteroatoms. The van der Waals surface area contributed by atoms with Gasteiger partial charge in [-0.15, -0.1) is 0 Å². The quantitative estimate of drug-likeness (QED) is 0.759. The predicted molar refractivity (Wildman–Crippen MR) is 88.4 cm³/mol. The largest absolute Gasteiger partial charge is 0.493 e. The van der Waals surface area contributed by atoms with Crippen molar-refractivity contribution in [2.45, 2.75) is 58.4 Å². The van der Waals surface area contributed by atoms with Gasteiger partial charge < -0.3 is 14.8 Å². The second kappa shape index (κ2) is 8.16. The van der Waals surface area contributed by atoms with E-state index in [1.807, 2.05) is 19.1 Å². The normalized spacial score (nSPS) is 22.4. The molecule has 0 saturated heterocycles. The molecule has 0 aliphatic heterocycles. The molecular weight excluding hydrogens is 262 g/mol. The monoisotopic (exact) mass is 291 g/mol. The zero-order chi connectivity index (χ0) is 15.1. The molecule has 1 aliphatic rings. The highest BCUT2D eigenvalue weighted by atomic mass is 16.5. The van der Waals surface area contributed by atoms with Gasteiger partial charge in [-0.3, -0.25) is 0 Å². The second-order valence-corrected chi connectivity index (χ2v) is 5.92. The molecule has 3 nitrogen and oxygen atoms in total. The SMILES string of the molecule is CCOc1ccc(NC2CCCC(CC)CC2)cc1OC. The Balaban J connectivity index is 1.99. The Kier molecular flexibility index (Phi) is 6.21. The van der Waals surface area contributed by atoms with E-state index in [-0.39, 0.29) is 0 Å². The molecule has 0 spiro atoms. The van der Waals surface area contributed by atoms with Crippen LogP contribution in [-0.4, -0.2) is 19.8 Å². The van der Waals surface area contributed by atoms with Gasteiger partial charge in [-0.25, -0.2) is 0 Å². The summed E-state index contributed by atoms with van der Waals surface area (Å²) in [5.41, 5.74) is 1.13. The third-order valence-corrected chi connectivity index (χ3v) is 4.50. The molecule has 1 aromatic carbocycles. The zero-order valence-electron chi connectivity index (χ0n) is 13.7. The Morgan fingerprint density at radius 3 is 2.67 bits per heavy atom. The smallest absolute Gasteiger partial charge is 0.162 e. The van der Waals surface area contributed by atoms with Crippen LogP contribution >= 0.6 is 0 Å². The number of anilines is 1. The summed E-state index contributed by atoms with van der Waals surface area (Å²) < 4.78 is 11.0. The van der Waals surface area contributed by atoms with Gasteiger partial charge in [-0.2, -0.15) is 0 Å². The van der Waals surface area contributed by atoms with E-state index in [0.717, 1.165) is 23.1 Å². The first-order valence-electron chi connectivity index (χ1n) is 8.34. The molecule has 2 unspecified atom stereocenters. The Bertz CT molecular complexity index is 433. The van der Waals surface area contributed by atoms with Crippen LogP contribution in [0.25, 0.3) is 0 Å². The van der Waals surface area contributed by atoms with E-state index >= 15 is 0 Å². The summed E-state index contributed by atoms with van der Waals surface area (Å²) in [6.45, 7) is 4.96. The first kappa shape index (κ1) is 16.0. The first-order valence-corrected chi connectivity index (χ1v) is 8.34. The number of ether oxygens (including phenoxy) is 2. The van der Waals surface area contributed by atoms with Gasteiger partial charge in [0.25, 0.3) is 0 Å². The van der Waals surface area contributed by atoms with Crippen molar-refractivity contribution in [3.63, 3.8) is 0 Å². The van der Waals surface area contributed by atoms with Crippen LogP contribution in [-0.2, 0) is 0 Å². The molecule has 0 amide bonds. The highest BCUT2D eigenvalue weighted by Crippen LogP contribution is 2.32. The lowest BCUT2D eigenvalue weighted by Crippen LogP contribution is -2.18. The molecule has 1 N–H and O–H groups in total. The summed E-state index contributed by atoms with van der Waals surface area (Å²) in [5.74, 6) is 2.55. The summed E-state index contributed by atoms with van der Waals surface area (Å²) in [4.78, 5) is 0. The number of benzene rings is 1. The Morgan fingerprint density at radius 1 is 1.10 bits per heavy atom. The minimum atomic E-state index is 0.587. The van der Waals surface area contributed by atoms with Gasteiger partial charge in [0.15, 0.2) is 11.5 Å². The lowest BCUT2D eigenvalue weighted by molar-refractivity contribution is 0.311. The van der Waals surface area contributed by atoms with Crippen LogP contribution in [0.3, 0.4) is 0 Å². The van der Waals surface area contributed by atoms with E-state index in [2.05, 4.69) is 18.3 Å². The average molecular weight is 291 g/mol. The van der Waals surface area contributed by atoms with Crippen molar-refractivity contribution in [2.24, 2.45) is 5.92 Å². The van der Waals surface area contributed by atoms with Crippen LogP contribution in [0, 0.1) is 5.92 Å². The molecule has 0 aromatic heterocycles. The van der Waals surface area contributed by atoms with Crippen LogP contribution < -0.4 is 14.8 Å². The van der Waals surface area contributed by atoms with Crippen LogP contribution in [0.4, 0.5) is 5.69 Å². The van der Waals surface area contributed by atoms with Crippen molar-refractivity contribution >= 4 is 5.69 Å². The molecule has 1 aromatic rings. The highest BCUT2D eigenvalue weighted by Gasteiger charge is 2.18.